The van der Waals surface area contributed by atoms with Crippen LogP contribution in [0.15, 0.2) is 0 Å². The van der Waals surface area contributed by atoms with Crippen LogP contribution in [0.4, 0.5) is 0 Å². The molecule has 0 aromatic rings. The second-order valence-electron chi connectivity index (χ2n) is 6.09. The van der Waals surface area contributed by atoms with Gasteiger partial charge in [0.2, 0.25) is 0 Å². The number of carboxylic acids is 1. The normalized spacial score (nSPS) is 9.86. The summed E-state index contributed by atoms with van der Waals surface area (Å²) in [6.07, 6.45) is 20.2. The molecule has 0 aliphatic heterocycles. The zero-order valence-electron chi connectivity index (χ0n) is 13.7. The van der Waals surface area contributed by atoms with Gasteiger partial charge in [0.1, 0.15) is 0 Å². The highest BCUT2D eigenvalue weighted by Crippen LogP contribution is 2.13. The molecule has 1 N–H and O–H groups in total. The summed E-state index contributed by atoms with van der Waals surface area (Å²) in [6.45, 7) is 2.27. The van der Waals surface area contributed by atoms with Crippen molar-refractivity contribution < 1.29 is 9.90 Å². The molecule has 0 atom stereocenters. The average molecular weight is 337 g/mol. The fourth-order valence-corrected chi connectivity index (χ4v) is 2.65. The summed E-state index contributed by atoms with van der Waals surface area (Å²) < 4.78 is 0. The van der Waals surface area contributed by atoms with Crippen LogP contribution in [0.1, 0.15) is 110 Å². The first-order valence-electron chi connectivity index (χ1n) is 8.99. The lowest BCUT2D eigenvalue weighted by atomic mass is 10.0. The summed E-state index contributed by atoms with van der Waals surface area (Å²) in [5, 5.41) is 8.52. The summed E-state index contributed by atoms with van der Waals surface area (Å²) in [4.78, 5) is 10.3. The molecular formula is C18H40Mg2O2. The lowest BCUT2D eigenvalue weighted by Gasteiger charge is -2.03. The van der Waals surface area contributed by atoms with Crippen molar-refractivity contribution in [3.63, 3.8) is 0 Å². The maximum atomic E-state index is 10.3. The van der Waals surface area contributed by atoms with Crippen LogP contribution in [0.25, 0.3) is 0 Å². The number of hydrogen-bond acceptors (Lipinski definition) is 1. The summed E-state index contributed by atoms with van der Waals surface area (Å²) in [5.41, 5.74) is 0. The SMILES string of the molecule is CCCCCCCCCCCCCCCCCC(=O)O.[MgH2].[MgH2]. The van der Waals surface area contributed by atoms with Crippen molar-refractivity contribution in [3.8, 4) is 0 Å². The molecule has 0 saturated carbocycles. The second-order valence-corrected chi connectivity index (χ2v) is 6.09. The third kappa shape index (κ3) is 25.9. The van der Waals surface area contributed by atoms with Crippen LogP contribution < -0.4 is 0 Å². The molecule has 0 aliphatic rings. The van der Waals surface area contributed by atoms with E-state index in [1.807, 2.05) is 0 Å². The topological polar surface area (TPSA) is 37.3 Å². The van der Waals surface area contributed by atoms with E-state index in [0.29, 0.717) is 6.42 Å². The van der Waals surface area contributed by atoms with Gasteiger partial charge in [-0.25, -0.2) is 0 Å². The molecule has 22 heavy (non-hydrogen) atoms. The number of carboxylic acid groups (broad SMARTS) is 1. The Balaban J connectivity index is -0.00000180. The van der Waals surface area contributed by atoms with Crippen molar-refractivity contribution in [2.24, 2.45) is 0 Å². The van der Waals surface area contributed by atoms with Crippen molar-refractivity contribution in [1.82, 2.24) is 0 Å². The molecule has 0 fully saturated rings. The lowest BCUT2D eigenvalue weighted by Crippen LogP contribution is -1.93. The standard InChI is InChI=1S/C18H36O2.2Mg.4H/c1-2-3-4-5-6-7-8-9-10-11-12-13-14-15-16-17-18(19)20;;;;;;/h2-17H2,1H3,(H,19,20);;;;;;. The third-order valence-corrected chi connectivity index (χ3v) is 3.99. The molecule has 0 aromatic carbocycles. The quantitative estimate of drug-likeness (QED) is 0.333. The molecule has 4 heteroatoms. The molecule has 0 radical (unpaired) electrons. The lowest BCUT2D eigenvalue weighted by molar-refractivity contribution is -0.137. The number of hydrogen-bond donors (Lipinski definition) is 1. The molecule has 0 amide bonds. The highest BCUT2D eigenvalue weighted by Gasteiger charge is 1.97. The predicted molar refractivity (Wildman–Crippen MR) is 104 cm³/mol. The van der Waals surface area contributed by atoms with Crippen LogP contribution >= 0.6 is 0 Å². The van der Waals surface area contributed by atoms with E-state index in [9.17, 15) is 4.79 Å². The molecule has 0 saturated heterocycles. The smallest absolute Gasteiger partial charge is 0.316 e. The van der Waals surface area contributed by atoms with E-state index in [1.165, 1.54) is 83.5 Å². The van der Waals surface area contributed by atoms with E-state index >= 15 is 0 Å². The van der Waals surface area contributed by atoms with Gasteiger partial charge in [-0.15, -0.1) is 0 Å². The molecule has 0 aliphatic carbocycles. The van der Waals surface area contributed by atoms with Gasteiger partial charge in [-0.1, -0.05) is 96.8 Å². The Kier molecular flexibility index (Phi) is 30.7. The Bertz CT molecular complexity index is 211. The monoisotopic (exact) mass is 336 g/mol. The molecule has 0 rings (SSSR count). The molecular weight excluding hydrogens is 297 g/mol. The first-order valence-corrected chi connectivity index (χ1v) is 8.99. The maximum Gasteiger partial charge on any atom is 0.316 e. The van der Waals surface area contributed by atoms with Crippen molar-refractivity contribution in [1.29, 1.82) is 0 Å². The summed E-state index contributed by atoms with van der Waals surface area (Å²) in [6, 6.07) is 0. The maximum absolute atomic E-state index is 10.3. The van der Waals surface area contributed by atoms with Gasteiger partial charge in [0.05, 0.1) is 0 Å². The highest BCUT2D eigenvalue weighted by molar-refractivity contribution is 5.76. The van der Waals surface area contributed by atoms with Crippen LogP contribution in [0.3, 0.4) is 0 Å². The van der Waals surface area contributed by atoms with E-state index < -0.39 is 5.97 Å². The summed E-state index contributed by atoms with van der Waals surface area (Å²) >= 11 is 0. The summed E-state index contributed by atoms with van der Waals surface area (Å²) in [7, 11) is 0. The van der Waals surface area contributed by atoms with Crippen LogP contribution in [0.5, 0.6) is 0 Å². The second kappa shape index (κ2) is 24.3. The molecule has 0 bridgehead atoms. The Morgan fingerprint density at radius 2 is 0.864 bits per heavy atom. The molecule has 0 aromatic heterocycles. The minimum atomic E-state index is -0.653. The van der Waals surface area contributed by atoms with Crippen LogP contribution in [0.2, 0.25) is 0 Å². The van der Waals surface area contributed by atoms with Crippen molar-refractivity contribution in [2.75, 3.05) is 0 Å². The fraction of sp³-hybridized carbons (Fsp3) is 0.944. The van der Waals surface area contributed by atoms with Crippen LogP contribution in [-0.4, -0.2) is 57.2 Å². The Morgan fingerprint density at radius 1 is 0.591 bits per heavy atom. The van der Waals surface area contributed by atoms with E-state index in [2.05, 4.69) is 6.92 Å². The summed E-state index contributed by atoms with van der Waals surface area (Å²) in [5.74, 6) is -0.653. The first-order chi connectivity index (χ1) is 9.77. The Hall–Kier alpha value is 1.00. The fourth-order valence-electron chi connectivity index (χ4n) is 2.65. The van der Waals surface area contributed by atoms with Gasteiger partial charge in [-0.05, 0) is 6.42 Å². The number of unbranched alkanes of at least 4 members (excludes halogenated alkanes) is 14. The average Bonchev–Trinajstić information content (AvgIpc) is 2.43. The van der Waals surface area contributed by atoms with E-state index in [-0.39, 0.29) is 46.1 Å². The molecule has 0 heterocycles. The third-order valence-electron chi connectivity index (χ3n) is 3.99. The minimum Gasteiger partial charge on any atom is -0.481 e. The van der Waals surface area contributed by atoms with Crippen molar-refractivity contribution >= 4 is 52.1 Å². The van der Waals surface area contributed by atoms with Crippen molar-refractivity contribution in [2.45, 2.75) is 110 Å². The van der Waals surface area contributed by atoms with E-state index in [4.69, 9.17) is 5.11 Å². The van der Waals surface area contributed by atoms with Crippen LogP contribution in [-0.2, 0) is 4.79 Å². The molecule has 0 spiro atoms. The largest absolute Gasteiger partial charge is 0.481 e. The van der Waals surface area contributed by atoms with Gasteiger partial charge in [0.25, 0.3) is 0 Å². The van der Waals surface area contributed by atoms with E-state index in [0.717, 1.165) is 12.8 Å². The molecule has 128 valence electrons. The van der Waals surface area contributed by atoms with Crippen molar-refractivity contribution in [3.05, 3.63) is 0 Å². The van der Waals surface area contributed by atoms with Gasteiger partial charge in [-0.2, -0.15) is 0 Å². The van der Waals surface area contributed by atoms with Gasteiger partial charge in [0, 0.05) is 6.42 Å². The zero-order chi connectivity index (χ0) is 14.9. The number of aliphatic carboxylic acids is 1. The minimum absolute atomic E-state index is 0. The van der Waals surface area contributed by atoms with Gasteiger partial charge in [0.15, 0.2) is 0 Å². The molecule has 2 nitrogen and oxygen atoms in total. The zero-order valence-corrected chi connectivity index (χ0v) is 13.7. The van der Waals surface area contributed by atoms with Gasteiger partial charge < -0.3 is 5.11 Å². The van der Waals surface area contributed by atoms with E-state index in [1.54, 1.807) is 0 Å². The molecule has 0 unspecified atom stereocenters. The Labute approximate surface area is 170 Å². The number of rotatable bonds is 16. The highest BCUT2D eigenvalue weighted by atomic mass is 24.3. The predicted octanol–water partition coefficient (Wildman–Crippen LogP) is 4.50. The number of carbonyl (C=O) groups is 1. The first kappa shape index (κ1) is 27.8. The Morgan fingerprint density at radius 3 is 1.14 bits per heavy atom. The van der Waals surface area contributed by atoms with Gasteiger partial charge in [-0.3, -0.25) is 4.79 Å². The van der Waals surface area contributed by atoms with Gasteiger partial charge >= 0.3 is 52.1 Å². The van der Waals surface area contributed by atoms with Crippen LogP contribution in [0, 0.1) is 0 Å².